The summed E-state index contributed by atoms with van der Waals surface area (Å²) in [7, 11) is 0. The Balaban J connectivity index is 1.64. The third-order valence-electron chi connectivity index (χ3n) is 4.11. The van der Waals surface area contributed by atoms with Crippen LogP contribution in [0.3, 0.4) is 0 Å². The van der Waals surface area contributed by atoms with E-state index in [-0.39, 0.29) is 27.1 Å². The predicted octanol–water partition coefficient (Wildman–Crippen LogP) is 5.60. The number of aromatic amines is 1. The Labute approximate surface area is 178 Å². The van der Waals surface area contributed by atoms with Gasteiger partial charge in [-0.05, 0) is 42.1 Å². The lowest BCUT2D eigenvalue weighted by molar-refractivity contribution is -0.384. The van der Waals surface area contributed by atoms with E-state index in [4.69, 9.17) is 16.0 Å². The van der Waals surface area contributed by atoms with Crippen molar-refractivity contribution in [3.8, 4) is 11.3 Å². The summed E-state index contributed by atoms with van der Waals surface area (Å²) in [6.45, 7) is 0. The van der Waals surface area contributed by atoms with Crippen LogP contribution in [0.1, 0.15) is 5.76 Å². The van der Waals surface area contributed by atoms with Gasteiger partial charge >= 0.3 is 5.97 Å². The second-order valence-electron chi connectivity index (χ2n) is 6.10. The molecule has 0 amide bonds. The van der Waals surface area contributed by atoms with Gasteiger partial charge < -0.3 is 14.5 Å². The molecule has 0 saturated heterocycles. The molecule has 0 saturated carbocycles. The predicted molar refractivity (Wildman–Crippen MR) is 113 cm³/mol. The Kier molecular flexibility index (Phi) is 5.30. The number of para-hydroxylation sites is 2. The van der Waals surface area contributed by atoms with E-state index in [1.807, 2.05) is 24.3 Å². The van der Waals surface area contributed by atoms with Gasteiger partial charge in [-0.2, -0.15) is 0 Å². The molecule has 0 spiro atoms. The molecule has 0 aliphatic rings. The lowest BCUT2D eigenvalue weighted by Gasteiger charge is -2.01. The second-order valence-corrected chi connectivity index (χ2v) is 7.54. The van der Waals surface area contributed by atoms with Gasteiger partial charge in [0.2, 0.25) is 0 Å². The number of hydrogen-bond donors (Lipinski definition) is 2. The summed E-state index contributed by atoms with van der Waals surface area (Å²) in [5.74, 6) is -0.603. The Morgan fingerprint density at radius 3 is 2.77 bits per heavy atom. The zero-order valence-electron chi connectivity index (χ0n) is 15.0. The first kappa shape index (κ1) is 19.7. The molecule has 0 aliphatic heterocycles. The Bertz CT molecular complexity index is 1280. The van der Waals surface area contributed by atoms with E-state index in [0.717, 1.165) is 22.8 Å². The van der Waals surface area contributed by atoms with Crippen molar-refractivity contribution in [2.75, 3.05) is 0 Å². The molecule has 2 aromatic carbocycles. The van der Waals surface area contributed by atoms with E-state index in [9.17, 15) is 20.0 Å². The van der Waals surface area contributed by atoms with Crippen molar-refractivity contribution in [2.24, 2.45) is 0 Å². The first-order valence-corrected chi connectivity index (χ1v) is 9.72. The van der Waals surface area contributed by atoms with Crippen LogP contribution in [0.2, 0.25) is 5.02 Å². The summed E-state index contributed by atoms with van der Waals surface area (Å²) in [6, 6.07) is 14.5. The number of thioether (sulfide) groups is 1. The quantitative estimate of drug-likeness (QED) is 0.173. The number of nitrogens with zero attached hydrogens (tertiary/aromatic N) is 2. The summed E-state index contributed by atoms with van der Waals surface area (Å²) < 4.78 is 5.67. The summed E-state index contributed by atoms with van der Waals surface area (Å²) in [5, 5.41) is 21.3. The number of non-ortho nitro benzene ring substituents is 1. The molecule has 8 nitrogen and oxygen atoms in total. The smallest absolute Gasteiger partial charge is 0.342 e. The number of benzene rings is 2. The number of nitrogens with one attached hydrogen (secondary N) is 1. The summed E-state index contributed by atoms with van der Waals surface area (Å²) >= 11 is 7.09. The van der Waals surface area contributed by atoms with Crippen molar-refractivity contribution in [2.45, 2.75) is 5.16 Å². The Hall–Kier alpha value is -3.56. The molecule has 2 N–H and O–H groups in total. The zero-order chi connectivity index (χ0) is 21.3. The van der Waals surface area contributed by atoms with E-state index in [2.05, 4.69) is 9.97 Å². The highest BCUT2D eigenvalue weighted by molar-refractivity contribution is 8.04. The van der Waals surface area contributed by atoms with Crippen molar-refractivity contribution in [3.05, 3.63) is 80.4 Å². The van der Waals surface area contributed by atoms with Crippen molar-refractivity contribution >= 4 is 52.1 Å². The number of carbonyl (C=O) groups is 1. The maximum atomic E-state index is 11.7. The third kappa shape index (κ3) is 4.07. The topological polar surface area (TPSA) is 122 Å². The number of furan rings is 1. The number of nitro benzene ring substituents is 1. The lowest BCUT2D eigenvalue weighted by Crippen LogP contribution is -1.96. The van der Waals surface area contributed by atoms with Crippen LogP contribution >= 0.6 is 23.4 Å². The summed E-state index contributed by atoms with van der Waals surface area (Å²) in [6.07, 6.45) is 1.36. The highest BCUT2D eigenvalue weighted by Crippen LogP contribution is 2.34. The summed E-state index contributed by atoms with van der Waals surface area (Å²) in [5.41, 5.74) is 1.73. The molecular formula is C20H12ClN3O5S. The normalized spacial score (nSPS) is 11.7. The SMILES string of the molecule is O=C(O)/C(=C/c1ccc(-c2cc([N+](=O)[O-])ccc2Cl)o1)Sc1nc2ccccc2[nH]1. The molecular weight excluding hydrogens is 430 g/mol. The monoisotopic (exact) mass is 441 g/mol. The number of nitro groups is 1. The number of halogens is 1. The standard InChI is InChI=1S/C20H12ClN3O5S/c21-14-7-5-11(24(27)28)9-13(14)17-8-6-12(29-17)10-18(19(25)26)30-20-22-15-3-1-2-4-16(15)23-20/h1-10H,(H,22,23)(H,25,26)/b18-10-. The highest BCUT2D eigenvalue weighted by atomic mass is 35.5. The number of aliphatic carboxylic acids is 1. The molecule has 4 rings (SSSR count). The van der Waals surface area contributed by atoms with Gasteiger partial charge in [0.25, 0.3) is 5.69 Å². The maximum absolute atomic E-state index is 11.7. The minimum Gasteiger partial charge on any atom is -0.477 e. The molecule has 150 valence electrons. The number of rotatable bonds is 6. The third-order valence-corrected chi connectivity index (χ3v) is 5.34. The fourth-order valence-electron chi connectivity index (χ4n) is 2.74. The molecule has 0 fully saturated rings. The number of aromatic nitrogens is 2. The van der Waals surface area contributed by atoms with Gasteiger partial charge in [-0.15, -0.1) is 0 Å². The van der Waals surface area contributed by atoms with Gasteiger partial charge in [0, 0.05) is 23.8 Å². The maximum Gasteiger partial charge on any atom is 0.342 e. The molecule has 0 bridgehead atoms. The fourth-order valence-corrected chi connectivity index (χ4v) is 3.72. The minimum atomic E-state index is -1.15. The van der Waals surface area contributed by atoms with Gasteiger partial charge in [-0.25, -0.2) is 9.78 Å². The Morgan fingerprint density at radius 1 is 1.23 bits per heavy atom. The molecule has 0 radical (unpaired) electrons. The minimum absolute atomic E-state index is 0.0138. The van der Waals surface area contributed by atoms with Crippen molar-refractivity contribution < 1.29 is 19.2 Å². The van der Waals surface area contributed by atoms with Crippen LogP contribution in [0.25, 0.3) is 28.4 Å². The molecule has 2 aromatic heterocycles. The number of H-pyrrole nitrogens is 1. The van der Waals surface area contributed by atoms with Crippen LogP contribution in [0, 0.1) is 10.1 Å². The van der Waals surface area contributed by atoms with Crippen LogP contribution in [0.5, 0.6) is 0 Å². The average Bonchev–Trinajstić information content (AvgIpc) is 3.34. The number of carboxylic acids is 1. The molecule has 2 heterocycles. The van der Waals surface area contributed by atoms with Crippen LogP contribution in [0.4, 0.5) is 5.69 Å². The zero-order valence-corrected chi connectivity index (χ0v) is 16.6. The van der Waals surface area contributed by atoms with Crippen molar-refractivity contribution in [1.82, 2.24) is 9.97 Å². The van der Waals surface area contributed by atoms with Gasteiger partial charge in [0.15, 0.2) is 5.16 Å². The van der Waals surface area contributed by atoms with Gasteiger partial charge in [-0.1, -0.05) is 23.7 Å². The fraction of sp³-hybridized carbons (Fsp3) is 0. The number of imidazole rings is 1. The average molecular weight is 442 g/mol. The van der Waals surface area contributed by atoms with Crippen LogP contribution in [-0.2, 0) is 4.79 Å². The highest BCUT2D eigenvalue weighted by Gasteiger charge is 2.17. The molecule has 30 heavy (non-hydrogen) atoms. The second kappa shape index (κ2) is 8.05. The molecule has 10 heteroatoms. The van der Waals surface area contributed by atoms with Gasteiger partial charge in [-0.3, -0.25) is 10.1 Å². The molecule has 0 atom stereocenters. The van der Waals surface area contributed by atoms with E-state index >= 15 is 0 Å². The number of hydrogen-bond acceptors (Lipinski definition) is 6. The first-order valence-electron chi connectivity index (χ1n) is 8.52. The van der Waals surface area contributed by atoms with Crippen LogP contribution in [0.15, 0.2) is 69.1 Å². The summed E-state index contributed by atoms with van der Waals surface area (Å²) in [4.78, 5) is 29.6. The molecule has 4 aromatic rings. The van der Waals surface area contributed by atoms with E-state index < -0.39 is 10.9 Å². The van der Waals surface area contributed by atoms with Crippen LogP contribution in [-0.4, -0.2) is 26.0 Å². The van der Waals surface area contributed by atoms with E-state index in [1.165, 1.54) is 24.3 Å². The molecule has 0 aliphatic carbocycles. The van der Waals surface area contributed by atoms with E-state index in [1.54, 1.807) is 12.1 Å². The lowest BCUT2D eigenvalue weighted by atomic mass is 10.1. The van der Waals surface area contributed by atoms with Crippen molar-refractivity contribution in [1.29, 1.82) is 0 Å². The molecule has 0 unspecified atom stereocenters. The van der Waals surface area contributed by atoms with Gasteiger partial charge in [0.1, 0.15) is 16.4 Å². The number of carboxylic acid groups (broad SMARTS) is 1. The number of fused-ring (bicyclic) bond motifs is 1. The van der Waals surface area contributed by atoms with E-state index in [0.29, 0.717) is 10.7 Å². The Morgan fingerprint density at radius 2 is 2.03 bits per heavy atom. The van der Waals surface area contributed by atoms with Crippen LogP contribution < -0.4 is 0 Å². The first-order chi connectivity index (χ1) is 14.4. The van der Waals surface area contributed by atoms with Crippen molar-refractivity contribution in [3.63, 3.8) is 0 Å². The largest absolute Gasteiger partial charge is 0.477 e. The van der Waals surface area contributed by atoms with Gasteiger partial charge in [0.05, 0.1) is 21.0 Å².